The summed E-state index contributed by atoms with van der Waals surface area (Å²) in [5.41, 5.74) is 0.108. The second kappa shape index (κ2) is 8.83. The lowest BCUT2D eigenvalue weighted by Gasteiger charge is -2.29. The molecule has 1 aromatic rings. The number of halogens is 2. The van der Waals surface area contributed by atoms with Crippen LogP contribution in [-0.2, 0) is 14.3 Å². The standard InChI is InChI=1S/C18H21ClFNO3/c1-12-5-2-3-8-16(12)21-17(22)11-24-18(23)10-9-13-14(19)6-4-7-15(13)20/h4,6-7,9-10,12,16H,2-3,5,8,11H2,1H3,(H,21,22)/b10-9+/t12-,16+/m1/s1. The zero-order chi connectivity index (χ0) is 17.5. The molecule has 1 fully saturated rings. The highest BCUT2D eigenvalue weighted by atomic mass is 35.5. The molecule has 4 nitrogen and oxygen atoms in total. The summed E-state index contributed by atoms with van der Waals surface area (Å²) in [5, 5.41) is 3.09. The van der Waals surface area contributed by atoms with Crippen LogP contribution in [0.15, 0.2) is 24.3 Å². The Balaban J connectivity index is 1.80. The van der Waals surface area contributed by atoms with Crippen molar-refractivity contribution in [2.24, 2.45) is 5.92 Å². The lowest BCUT2D eigenvalue weighted by atomic mass is 9.86. The summed E-state index contributed by atoms with van der Waals surface area (Å²) in [6.45, 7) is 1.76. The van der Waals surface area contributed by atoms with Crippen LogP contribution in [0.3, 0.4) is 0 Å². The van der Waals surface area contributed by atoms with E-state index in [1.54, 1.807) is 0 Å². The maximum atomic E-state index is 13.6. The molecule has 0 bridgehead atoms. The first-order valence-corrected chi connectivity index (χ1v) is 8.43. The zero-order valence-corrected chi connectivity index (χ0v) is 14.3. The molecule has 24 heavy (non-hydrogen) atoms. The minimum absolute atomic E-state index is 0.108. The Morgan fingerprint density at radius 3 is 2.83 bits per heavy atom. The quantitative estimate of drug-likeness (QED) is 0.648. The number of benzene rings is 1. The molecule has 1 amide bonds. The molecule has 1 saturated carbocycles. The molecule has 6 heteroatoms. The number of hydrogen-bond acceptors (Lipinski definition) is 3. The van der Waals surface area contributed by atoms with Crippen LogP contribution in [0.4, 0.5) is 4.39 Å². The minimum Gasteiger partial charge on any atom is -0.452 e. The molecule has 2 atom stereocenters. The lowest BCUT2D eigenvalue weighted by Crippen LogP contribution is -2.42. The van der Waals surface area contributed by atoms with E-state index in [1.165, 1.54) is 30.7 Å². The van der Waals surface area contributed by atoms with Crippen molar-refractivity contribution in [1.29, 1.82) is 0 Å². The van der Waals surface area contributed by atoms with Crippen LogP contribution in [0.5, 0.6) is 0 Å². The average molecular weight is 354 g/mol. The van der Waals surface area contributed by atoms with Gasteiger partial charge in [-0.2, -0.15) is 0 Å². The highest BCUT2D eigenvalue weighted by molar-refractivity contribution is 6.32. The predicted octanol–water partition coefficient (Wildman–Crippen LogP) is 3.73. The summed E-state index contributed by atoms with van der Waals surface area (Å²) in [5.74, 6) is -1.14. The molecule has 0 unspecified atom stereocenters. The third kappa shape index (κ3) is 5.34. The highest BCUT2D eigenvalue weighted by Gasteiger charge is 2.22. The van der Waals surface area contributed by atoms with Crippen molar-refractivity contribution in [3.05, 3.63) is 40.7 Å². The van der Waals surface area contributed by atoms with Gasteiger partial charge < -0.3 is 10.1 Å². The minimum atomic E-state index is -0.721. The van der Waals surface area contributed by atoms with Crippen molar-refractivity contribution in [3.63, 3.8) is 0 Å². The van der Waals surface area contributed by atoms with Crippen molar-refractivity contribution in [1.82, 2.24) is 5.32 Å². The molecule has 1 aromatic carbocycles. The molecule has 0 aromatic heterocycles. The maximum Gasteiger partial charge on any atom is 0.331 e. The van der Waals surface area contributed by atoms with Crippen LogP contribution in [0.25, 0.3) is 6.08 Å². The number of esters is 1. The van der Waals surface area contributed by atoms with Crippen LogP contribution in [0, 0.1) is 11.7 Å². The highest BCUT2D eigenvalue weighted by Crippen LogP contribution is 2.23. The van der Waals surface area contributed by atoms with Gasteiger partial charge >= 0.3 is 5.97 Å². The van der Waals surface area contributed by atoms with E-state index in [0.29, 0.717) is 5.92 Å². The number of carbonyl (C=O) groups excluding carboxylic acids is 2. The first-order valence-electron chi connectivity index (χ1n) is 8.05. The van der Waals surface area contributed by atoms with E-state index in [0.717, 1.165) is 25.3 Å². The van der Waals surface area contributed by atoms with Crippen molar-refractivity contribution in [2.75, 3.05) is 6.61 Å². The van der Waals surface area contributed by atoms with Gasteiger partial charge in [0.2, 0.25) is 0 Å². The summed E-state index contributed by atoms with van der Waals surface area (Å²) < 4.78 is 18.4. The first-order chi connectivity index (χ1) is 11.5. The number of amides is 1. The maximum absolute atomic E-state index is 13.6. The Bertz CT molecular complexity index is 612. The van der Waals surface area contributed by atoms with Crippen molar-refractivity contribution >= 4 is 29.6 Å². The molecule has 0 radical (unpaired) electrons. The van der Waals surface area contributed by atoms with Gasteiger partial charge in [0.25, 0.3) is 5.91 Å². The molecular weight excluding hydrogens is 333 g/mol. The normalized spacial score (nSPS) is 20.8. The molecule has 1 aliphatic carbocycles. The summed E-state index contributed by atoms with van der Waals surface area (Å²) in [7, 11) is 0. The first kappa shape index (κ1) is 18.5. The second-order valence-corrected chi connectivity index (χ2v) is 6.42. The Labute approximate surface area is 146 Å². The number of hydrogen-bond donors (Lipinski definition) is 1. The van der Waals surface area contributed by atoms with Crippen LogP contribution in [0.1, 0.15) is 38.2 Å². The summed E-state index contributed by atoms with van der Waals surface area (Å²) in [4.78, 5) is 23.5. The van der Waals surface area contributed by atoms with Gasteiger partial charge in [-0.1, -0.05) is 37.4 Å². The SMILES string of the molecule is C[C@@H]1CCCC[C@@H]1NC(=O)COC(=O)/C=C/c1c(F)cccc1Cl. The fraction of sp³-hybridized carbons (Fsp3) is 0.444. The molecule has 0 saturated heterocycles. The fourth-order valence-corrected chi connectivity index (χ4v) is 3.01. The molecule has 2 rings (SSSR count). The fourth-order valence-electron chi connectivity index (χ4n) is 2.79. The van der Waals surface area contributed by atoms with Crippen molar-refractivity contribution in [2.45, 2.75) is 38.6 Å². The average Bonchev–Trinajstić information content (AvgIpc) is 2.54. The third-order valence-corrected chi connectivity index (χ3v) is 4.52. The van der Waals surface area contributed by atoms with E-state index >= 15 is 0 Å². The van der Waals surface area contributed by atoms with Gasteiger partial charge in [-0.05, 0) is 37.0 Å². The van der Waals surface area contributed by atoms with Gasteiger partial charge in [-0.15, -0.1) is 0 Å². The summed E-state index contributed by atoms with van der Waals surface area (Å²) in [6.07, 6.45) is 6.62. The smallest absolute Gasteiger partial charge is 0.331 e. The molecule has 1 aliphatic rings. The van der Waals surface area contributed by atoms with Crippen molar-refractivity contribution in [3.8, 4) is 0 Å². The van der Waals surface area contributed by atoms with Gasteiger partial charge in [0.15, 0.2) is 6.61 Å². The van der Waals surface area contributed by atoms with Gasteiger partial charge in [-0.25, -0.2) is 9.18 Å². The molecule has 0 heterocycles. The molecule has 0 aliphatic heterocycles. The lowest BCUT2D eigenvalue weighted by molar-refractivity contribution is -0.144. The van der Waals surface area contributed by atoms with Crippen LogP contribution in [0.2, 0.25) is 5.02 Å². The van der Waals surface area contributed by atoms with Gasteiger partial charge in [0.1, 0.15) is 5.82 Å². The van der Waals surface area contributed by atoms with E-state index in [1.807, 2.05) is 0 Å². The Hall–Kier alpha value is -1.88. The van der Waals surface area contributed by atoms with E-state index in [-0.39, 0.29) is 29.1 Å². The Morgan fingerprint density at radius 1 is 1.38 bits per heavy atom. The third-order valence-electron chi connectivity index (χ3n) is 4.19. The predicted molar refractivity (Wildman–Crippen MR) is 91.0 cm³/mol. The Kier molecular flexibility index (Phi) is 6.79. The molecule has 0 spiro atoms. The van der Waals surface area contributed by atoms with Gasteiger partial charge in [-0.3, -0.25) is 4.79 Å². The van der Waals surface area contributed by atoms with Gasteiger partial charge in [0.05, 0.1) is 5.02 Å². The van der Waals surface area contributed by atoms with E-state index in [9.17, 15) is 14.0 Å². The molecule has 1 N–H and O–H groups in total. The molecular formula is C18H21ClFNO3. The van der Waals surface area contributed by atoms with E-state index in [2.05, 4.69) is 12.2 Å². The number of carbonyl (C=O) groups is 2. The van der Waals surface area contributed by atoms with E-state index < -0.39 is 11.8 Å². The van der Waals surface area contributed by atoms with Crippen molar-refractivity contribution < 1.29 is 18.7 Å². The van der Waals surface area contributed by atoms with Gasteiger partial charge in [0, 0.05) is 17.7 Å². The molecule has 130 valence electrons. The summed E-state index contributed by atoms with van der Waals surface area (Å²) in [6, 6.07) is 4.38. The van der Waals surface area contributed by atoms with E-state index in [4.69, 9.17) is 16.3 Å². The number of rotatable bonds is 5. The monoisotopic (exact) mass is 353 g/mol. The zero-order valence-electron chi connectivity index (χ0n) is 13.6. The van der Waals surface area contributed by atoms with Crippen LogP contribution >= 0.6 is 11.6 Å². The van der Waals surface area contributed by atoms with Crippen LogP contribution in [-0.4, -0.2) is 24.5 Å². The largest absolute Gasteiger partial charge is 0.452 e. The topological polar surface area (TPSA) is 55.4 Å². The number of nitrogens with one attached hydrogen (secondary N) is 1. The second-order valence-electron chi connectivity index (χ2n) is 6.01. The summed E-state index contributed by atoms with van der Waals surface area (Å²) >= 11 is 5.86. The number of ether oxygens (including phenoxy) is 1. The van der Waals surface area contributed by atoms with Crippen LogP contribution < -0.4 is 5.32 Å². The Morgan fingerprint density at radius 2 is 2.12 bits per heavy atom.